The van der Waals surface area contributed by atoms with E-state index in [1.54, 1.807) is 0 Å². The predicted molar refractivity (Wildman–Crippen MR) is 67.6 cm³/mol. The van der Waals surface area contributed by atoms with Crippen LogP contribution in [-0.2, 0) is 6.54 Å². The number of hydrogen-bond donors (Lipinski definition) is 1. The molecule has 0 unspecified atom stereocenters. The van der Waals surface area contributed by atoms with Crippen LogP contribution in [0.15, 0.2) is 24.3 Å². The smallest absolute Gasteiger partial charge is 0.128 e. The summed E-state index contributed by atoms with van der Waals surface area (Å²) in [6.45, 7) is 10.6. The van der Waals surface area contributed by atoms with E-state index in [2.05, 4.69) is 51.2 Å². The minimum atomic E-state index is 0.262. The van der Waals surface area contributed by atoms with Crippen LogP contribution in [0.3, 0.4) is 0 Å². The number of quaternary nitrogens is 1. The van der Waals surface area contributed by atoms with Gasteiger partial charge in [-0.1, -0.05) is 19.1 Å². The second kappa shape index (κ2) is 5.90. The zero-order valence-electron chi connectivity index (χ0n) is 10.9. The molecule has 0 heterocycles. The molecule has 90 valence electrons. The average molecular weight is 222 g/mol. The van der Waals surface area contributed by atoms with Crippen molar-refractivity contribution in [3.05, 3.63) is 29.8 Å². The molecule has 16 heavy (non-hydrogen) atoms. The Hall–Kier alpha value is -1.02. The summed E-state index contributed by atoms with van der Waals surface area (Å²) >= 11 is 0. The van der Waals surface area contributed by atoms with E-state index in [9.17, 15) is 0 Å². The summed E-state index contributed by atoms with van der Waals surface area (Å²) in [5.74, 6) is 1.03. The molecule has 0 saturated heterocycles. The van der Waals surface area contributed by atoms with Gasteiger partial charge in [0.2, 0.25) is 0 Å². The third-order valence-corrected chi connectivity index (χ3v) is 2.37. The third kappa shape index (κ3) is 4.67. The fraction of sp³-hybridized carbons (Fsp3) is 0.571. The molecule has 0 aliphatic rings. The van der Waals surface area contributed by atoms with Crippen molar-refractivity contribution in [2.24, 2.45) is 0 Å². The lowest BCUT2D eigenvalue weighted by Gasteiger charge is -2.18. The van der Waals surface area contributed by atoms with Gasteiger partial charge in [-0.2, -0.15) is 0 Å². The fourth-order valence-electron chi connectivity index (χ4n) is 1.44. The molecule has 0 atom stereocenters. The van der Waals surface area contributed by atoms with Crippen molar-refractivity contribution in [1.82, 2.24) is 0 Å². The highest BCUT2D eigenvalue weighted by molar-refractivity contribution is 5.32. The maximum absolute atomic E-state index is 5.73. The Labute approximate surface area is 99.0 Å². The van der Waals surface area contributed by atoms with Gasteiger partial charge in [0.1, 0.15) is 12.3 Å². The van der Waals surface area contributed by atoms with Crippen molar-refractivity contribution in [1.29, 1.82) is 0 Å². The first-order chi connectivity index (χ1) is 7.53. The van der Waals surface area contributed by atoms with Crippen LogP contribution < -0.4 is 10.1 Å². The molecule has 0 radical (unpaired) electrons. The van der Waals surface area contributed by atoms with Crippen LogP contribution in [-0.4, -0.2) is 12.1 Å². The highest BCUT2D eigenvalue weighted by atomic mass is 16.5. The summed E-state index contributed by atoms with van der Waals surface area (Å²) in [6, 6.07) is 8.31. The SMILES string of the molecule is CCCOc1ccccc1C[NH2+]C(C)(C)C. The Morgan fingerprint density at radius 3 is 2.50 bits per heavy atom. The van der Waals surface area contributed by atoms with E-state index >= 15 is 0 Å². The van der Waals surface area contributed by atoms with Crippen molar-refractivity contribution in [2.75, 3.05) is 6.61 Å². The van der Waals surface area contributed by atoms with Gasteiger partial charge in [-0.3, -0.25) is 0 Å². The van der Waals surface area contributed by atoms with Crippen LogP contribution in [0.25, 0.3) is 0 Å². The van der Waals surface area contributed by atoms with Gasteiger partial charge in [-0.05, 0) is 39.3 Å². The molecular formula is C14H24NO+. The molecule has 0 aromatic heterocycles. The van der Waals surface area contributed by atoms with Crippen molar-refractivity contribution >= 4 is 0 Å². The Kier molecular flexibility index (Phi) is 4.81. The summed E-state index contributed by atoms with van der Waals surface area (Å²) < 4.78 is 5.73. The van der Waals surface area contributed by atoms with Gasteiger partial charge < -0.3 is 10.1 Å². The lowest BCUT2D eigenvalue weighted by atomic mass is 10.1. The lowest BCUT2D eigenvalue weighted by Crippen LogP contribution is -2.92. The molecule has 1 rings (SSSR count). The van der Waals surface area contributed by atoms with Gasteiger partial charge in [0, 0.05) is 5.56 Å². The largest absolute Gasteiger partial charge is 0.493 e. The van der Waals surface area contributed by atoms with Gasteiger partial charge in [-0.25, -0.2) is 0 Å². The van der Waals surface area contributed by atoms with Crippen molar-refractivity contribution < 1.29 is 10.1 Å². The van der Waals surface area contributed by atoms with Crippen LogP contribution in [0.2, 0.25) is 0 Å². The second-order valence-electron chi connectivity index (χ2n) is 5.23. The van der Waals surface area contributed by atoms with E-state index in [0.29, 0.717) is 0 Å². The highest BCUT2D eigenvalue weighted by Gasteiger charge is 2.14. The zero-order chi connectivity index (χ0) is 12.0. The minimum absolute atomic E-state index is 0.262. The standard InChI is InChI=1S/C14H23NO/c1-5-10-16-13-9-7-6-8-12(13)11-15-14(2,3)4/h6-9,15H,5,10-11H2,1-4H3/p+1. The molecule has 0 fully saturated rings. The number of para-hydroxylation sites is 1. The first-order valence-electron chi connectivity index (χ1n) is 6.08. The number of hydrogen-bond acceptors (Lipinski definition) is 1. The van der Waals surface area contributed by atoms with Gasteiger partial charge in [-0.15, -0.1) is 0 Å². The Morgan fingerprint density at radius 2 is 1.88 bits per heavy atom. The molecule has 0 saturated carbocycles. The monoisotopic (exact) mass is 222 g/mol. The molecule has 0 amide bonds. The zero-order valence-corrected chi connectivity index (χ0v) is 10.9. The molecule has 2 N–H and O–H groups in total. The summed E-state index contributed by atoms with van der Waals surface area (Å²) in [5, 5.41) is 2.33. The first kappa shape index (κ1) is 13.0. The molecule has 2 heteroatoms. The Balaban J connectivity index is 2.63. The van der Waals surface area contributed by atoms with Crippen molar-refractivity contribution in [3.63, 3.8) is 0 Å². The third-order valence-electron chi connectivity index (χ3n) is 2.37. The van der Waals surface area contributed by atoms with Crippen LogP contribution in [0, 0.1) is 0 Å². The van der Waals surface area contributed by atoms with Gasteiger partial charge in [0.25, 0.3) is 0 Å². The average Bonchev–Trinajstić information content (AvgIpc) is 2.23. The molecule has 0 aliphatic heterocycles. The Bertz CT molecular complexity index is 315. The van der Waals surface area contributed by atoms with E-state index in [0.717, 1.165) is 25.3 Å². The summed E-state index contributed by atoms with van der Waals surface area (Å²) in [6.07, 6.45) is 1.05. The van der Waals surface area contributed by atoms with Crippen LogP contribution >= 0.6 is 0 Å². The van der Waals surface area contributed by atoms with Gasteiger partial charge in [0.15, 0.2) is 0 Å². The topological polar surface area (TPSA) is 25.8 Å². The maximum Gasteiger partial charge on any atom is 0.128 e. The van der Waals surface area contributed by atoms with E-state index in [4.69, 9.17) is 4.74 Å². The van der Waals surface area contributed by atoms with Crippen LogP contribution in [0.5, 0.6) is 5.75 Å². The fourth-order valence-corrected chi connectivity index (χ4v) is 1.44. The predicted octanol–water partition coefficient (Wildman–Crippen LogP) is 2.34. The summed E-state index contributed by atoms with van der Waals surface area (Å²) in [7, 11) is 0. The Morgan fingerprint density at radius 1 is 1.19 bits per heavy atom. The lowest BCUT2D eigenvalue weighted by molar-refractivity contribution is -0.731. The number of ether oxygens (including phenoxy) is 1. The summed E-state index contributed by atoms with van der Waals surface area (Å²) in [5.41, 5.74) is 1.54. The molecular weight excluding hydrogens is 198 g/mol. The second-order valence-corrected chi connectivity index (χ2v) is 5.23. The van der Waals surface area contributed by atoms with E-state index in [-0.39, 0.29) is 5.54 Å². The van der Waals surface area contributed by atoms with Crippen molar-refractivity contribution in [3.8, 4) is 5.75 Å². The molecule has 0 aliphatic carbocycles. The van der Waals surface area contributed by atoms with Gasteiger partial charge >= 0.3 is 0 Å². The van der Waals surface area contributed by atoms with Gasteiger partial charge in [0.05, 0.1) is 12.1 Å². The first-order valence-corrected chi connectivity index (χ1v) is 6.08. The van der Waals surface area contributed by atoms with Crippen LogP contribution in [0.4, 0.5) is 0 Å². The number of nitrogens with two attached hydrogens (primary N) is 1. The molecule has 2 nitrogen and oxygen atoms in total. The molecule has 1 aromatic rings. The van der Waals surface area contributed by atoms with E-state index in [1.165, 1.54) is 5.56 Å². The summed E-state index contributed by atoms with van der Waals surface area (Å²) in [4.78, 5) is 0. The normalized spacial score (nSPS) is 11.5. The molecule has 0 bridgehead atoms. The number of benzene rings is 1. The highest BCUT2D eigenvalue weighted by Crippen LogP contribution is 2.17. The van der Waals surface area contributed by atoms with Crippen molar-refractivity contribution in [2.45, 2.75) is 46.2 Å². The van der Waals surface area contributed by atoms with E-state index in [1.807, 2.05) is 6.07 Å². The molecule has 0 spiro atoms. The maximum atomic E-state index is 5.73. The number of rotatable bonds is 5. The van der Waals surface area contributed by atoms with Crippen LogP contribution in [0.1, 0.15) is 39.7 Å². The molecule has 1 aromatic carbocycles. The van der Waals surface area contributed by atoms with E-state index < -0.39 is 0 Å². The minimum Gasteiger partial charge on any atom is -0.493 e. The quantitative estimate of drug-likeness (QED) is 0.813.